The Bertz CT molecular complexity index is 1010. The highest BCUT2D eigenvalue weighted by atomic mass is 19.1. The molecular weight excluding hydrogens is 450 g/mol. The van der Waals surface area contributed by atoms with Crippen LogP contribution in [0.4, 0.5) is 14.7 Å². The van der Waals surface area contributed by atoms with E-state index >= 15 is 0 Å². The molecule has 1 unspecified atom stereocenters. The quantitative estimate of drug-likeness (QED) is 0.528. The molecular formula is C27H34F2N4O2. The number of carbonyl (C=O) groups is 1. The summed E-state index contributed by atoms with van der Waals surface area (Å²) in [5, 5.41) is 0. The summed E-state index contributed by atoms with van der Waals surface area (Å²) in [6.45, 7) is 5.87. The second kappa shape index (κ2) is 10.5. The number of amides is 1. The first-order valence-corrected chi connectivity index (χ1v) is 13.0. The van der Waals surface area contributed by atoms with Crippen LogP contribution in [0.5, 0.6) is 5.75 Å². The van der Waals surface area contributed by atoms with Gasteiger partial charge in [-0.15, -0.1) is 0 Å². The first kappa shape index (κ1) is 23.9. The normalized spacial score (nSPS) is 22.1. The molecule has 8 heteroatoms. The van der Waals surface area contributed by atoms with Gasteiger partial charge in [0, 0.05) is 56.3 Å². The molecule has 1 saturated carbocycles. The molecule has 1 amide bonds. The van der Waals surface area contributed by atoms with Gasteiger partial charge in [-0.25, -0.2) is 18.7 Å². The van der Waals surface area contributed by atoms with Crippen molar-refractivity contribution in [2.24, 2.45) is 17.8 Å². The molecule has 2 aliphatic heterocycles. The van der Waals surface area contributed by atoms with Gasteiger partial charge in [-0.3, -0.25) is 4.79 Å². The summed E-state index contributed by atoms with van der Waals surface area (Å²) >= 11 is 0. The van der Waals surface area contributed by atoms with Crippen LogP contribution in [0.15, 0.2) is 24.5 Å². The highest BCUT2D eigenvalue weighted by Gasteiger charge is 2.43. The van der Waals surface area contributed by atoms with Gasteiger partial charge in [-0.05, 0) is 61.8 Å². The Morgan fingerprint density at radius 3 is 2.37 bits per heavy atom. The summed E-state index contributed by atoms with van der Waals surface area (Å²) < 4.78 is 34.6. The number of rotatable bonds is 9. The average molecular weight is 485 g/mol. The Morgan fingerprint density at radius 2 is 1.77 bits per heavy atom. The number of likely N-dealkylation sites (tertiary alicyclic amines) is 1. The molecule has 3 aliphatic rings. The standard InChI is InChI=1S/C27H34F2N4O2/c1-2-18-16-30-27(31-17-18)33-9-4-19(5-10-33)22-12-20(22)6-11-35-21-13-24(28)23(25(29)14-21)15-26(34)32-7-3-8-32/h13-14,16-17,19-20,22H,2-12,15H2,1H3/t20-,22?/m1/s1. The fraction of sp³-hybridized carbons (Fsp3) is 0.593. The third-order valence-electron chi connectivity index (χ3n) is 7.91. The maximum atomic E-state index is 14.4. The Balaban J connectivity index is 1.04. The van der Waals surface area contributed by atoms with Crippen LogP contribution in [0.25, 0.3) is 0 Å². The van der Waals surface area contributed by atoms with Crippen LogP contribution in [0.3, 0.4) is 0 Å². The predicted octanol–water partition coefficient (Wildman–Crippen LogP) is 4.41. The molecule has 3 heterocycles. The molecule has 1 aliphatic carbocycles. The van der Waals surface area contributed by atoms with E-state index in [0.29, 0.717) is 37.5 Å². The largest absolute Gasteiger partial charge is 0.493 e. The smallest absolute Gasteiger partial charge is 0.227 e. The number of nitrogens with zero attached hydrogens (tertiary/aromatic N) is 4. The topological polar surface area (TPSA) is 58.6 Å². The molecule has 0 bridgehead atoms. The van der Waals surface area contributed by atoms with E-state index < -0.39 is 11.6 Å². The third kappa shape index (κ3) is 5.57. The summed E-state index contributed by atoms with van der Waals surface area (Å²) in [7, 11) is 0. The molecule has 5 rings (SSSR count). The fourth-order valence-corrected chi connectivity index (χ4v) is 5.39. The van der Waals surface area contributed by atoms with Crippen molar-refractivity contribution in [3.05, 3.63) is 47.3 Å². The third-order valence-corrected chi connectivity index (χ3v) is 7.91. The van der Waals surface area contributed by atoms with Crippen LogP contribution < -0.4 is 9.64 Å². The van der Waals surface area contributed by atoms with Gasteiger partial charge in [0.15, 0.2) is 0 Å². The average Bonchev–Trinajstić information content (AvgIpc) is 3.60. The van der Waals surface area contributed by atoms with Gasteiger partial charge in [-0.2, -0.15) is 0 Å². The summed E-state index contributed by atoms with van der Waals surface area (Å²) in [4.78, 5) is 25.0. The lowest BCUT2D eigenvalue weighted by atomic mass is 9.90. The predicted molar refractivity (Wildman–Crippen MR) is 129 cm³/mol. The monoisotopic (exact) mass is 484 g/mol. The van der Waals surface area contributed by atoms with Crippen molar-refractivity contribution in [2.75, 3.05) is 37.7 Å². The van der Waals surface area contributed by atoms with Crippen molar-refractivity contribution in [2.45, 2.75) is 51.9 Å². The minimum Gasteiger partial charge on any atom is -0.493 e. The molecule has 2 saturated heterocycles. The van der Waals surface area contributed by atoms with Crippen molar-refractivity contribution in [1.29, 1.82) is 0 Å². The van der Waals surface area contributed by atoms with Crippen LogP contribution in [-0.4, -0.2) is 53.6 Å². The first-order chi connectivity index (χ1) is 17.0. The molecule has 1 aromatic carbocycles. The molecule has 35 heavy (non-hydrogen) atoms. The van der Waals surface area contributed by atoms with Gasteiger partial charge >= 0.3 is 0 Å². The van der Waals surface area contributed by atoms with E-state index in [-0.39, 0.29) is 23.6 Å². The summed E-state index contributed by atoms with van der Waals surface area (Å²) in [6.07, 6.45) is 9.89. The second-order valence-corrected chi connectivity index (χ2v) is 10.1. The molecule has 188 valence electrons. The molecule has 0 N–H and O–H groups in total. The molecule has 1 aromatic heterocycles. The molecule has 3 fully saturated rings. The molecule has 2 aromatic rings. The first-order valence-electron chi connectivity index (χ1n) is 13.0. The Kier molecular flexibility index (Phi) is 7.16. The van der Waals surface area contributed by atoms with E-state index in [1.165, 1.54) is 18.6 Å². The zero-order valence-corrected chi connectivity index (χ0v) is 20.4. The fourth-order valence-electron chi connectivity index (χ4n) is 5.39. The molecule has 0 radical (unpaired) electrons. The number of aryl methyl sites for hydroxylation is 1. The van der Waals surface area contributed by atoms with Crippen molar-refractivity contribution >= 4 is 11.9 Å². The van der Waals surface area contributed by atoms with E-state index in [0.717, 1.165) is 56.7 Å². The van der Waals surface area contributed by atoms with E-state index in [2.05, 4.69) is 21.8 Å². The van der Waals surface area contributed by atoms with Crippen molar-refractivity contribution in [3.8, 4) is 5.75 Å². The van der Waals surface area contributed by atoms with Crippen molar-refractivity contribution in [1.82, 2.24) is 14.9 Å². The zero-order chi connectivity index (χ0) is 24.4. The second-order valence-electron chi connectivity index (χ2n) is 10.1. The van der Waals surface area contributed by atoms with Gasteiger partial charge in [0.2, 0.25) is 11.9 Å². The molecule has 0 spiro atoms. The summed E-state index contributed by atoms with van der Waals surface area (Å²) in [5.74, 6) is 1.43. The number of hydrogen-bond acceptors (Lipinski definition) is 5. The number of piperidine rings is 1. The Morgan fingerprint density at radius 1 is 1.09 bits per heavy atom. The lowest BCUT2D eigenvalue weighted by Gasteiger charge is -2.32. The summed E-state index contributed by atoms with van der Waals surface area (Å²) in [5.41, 5.74) is 0.986. The SMILES string of the molecule is CCc1cnc(N2CCC(C3C[C@H]3CCOc3cc(F)c(CC(=O)N4CCC4)c(F)c3)CC2)nc1. The maximum Gasteiger partial charge on any atom is 0.227 e. The minimum absolute atomic E-state index is 0.172. The highest BCUT2D eigenvalue weighted by molar-refractivity contribution is 5.79. The van der Waals surface area contributed by atoms with Gasteiger partial charge in [-0.1, -0.05) is 6.92 Å². The van der Waals surface area contributed by atoms with Crippen LogP contribution in [-0.2, 0) is 17.6 Å². The maximum absolute atomic E-state index is 14.4. The van der Waals surface area contributed by atoms with Gasteiger partial charge in [0.1, 0.15) is 17.4 Å². The van der Waals surface area contributed by atoms with E-state index in [4.69, 9.17) is 4.74 Å². The zero-order valence-electron chi connectivity index (χ0n) is 20.4. The van der Waals surface area contributed by atoms with Crippen LogP contribution in [0.1, 0.15) is 50.2 Å². The Labute approximate surface area is 205 Å². The number of ether oxygens (including phenoxy) is 1. The van der Waals surface area contributed by atoms with Crippen molar-refractivity contribution < 1.29 is 18.3 Å². The highest BCUT2D eigenvalue weighted by Crippen LogP contribution is 2.49. The summed E-state index contributed by atoms with van der Waals surface area (Å²) in [6, 6.07) is 2.41. The van der Waals surface area contributed by atoms with E-state index in [1.807, 2.05) is 12.4 Å². The van der Waals surface area contributed by atoms with Crippen molar-refractivity contribution in [3.63, 3.8) is 0 Å². The van der Waals surface area contributed by atoms with Gasteiger partial charge in [0.05, 0.1) is 13.0 Å². The van der Waals surface area contributed by atoms with Gasteiger partial charge < -0.3 is 14.5 Å². The van der Waals surface area contributed by atoms with Gasteiger partial charge in [0.25, 0.3) is 0 Å². The Hall–Kier alpha value is -2.77. The minimum atomic E-state index is -0.710. The van der Waals surface area contributed by atoms with E-state index in [9.17, 15) is 13.6 Å². The number of halogens is 2. The lowest BCUT2D eigenvalue weighted by Crippen LogP contribution is -2.43. The van der Waals surface area contributed by atoms with Crippen LogP contribution >= 0.6 is 0 Å². The number of anilines is 1. The van der Waals surface area contributed by atoms with Crippen LogP contribution in [0.2, 0.25) is 0 Å². The van der Waals surface area contributed by atoms with Crippen LogP contribution in [0, 0.1) is 29.4 Å². The molecule has 2 atom stereocenters. The van der Waals surface area contributed by atoms with E-state index in [1.54, 1.807) is 4.90 Å². The number of benzene rings is 1. The lowest BCUT2D eigenvalue weighted by molar-refractivity contribution is -0.133. The number of carbonyl (C=O) groups excluding carboxylic acids is 1. The number of aromatic nitrogens is 2. The molecule has 6 nitrogen and oxygen atoms in total. The number of hydrogen-bond donors (Lipinski definition) is 0.